The lowest BCUT2D eigenvalue weighted by molar-refractivity contribution is 0.530. The minimum Gasteiger partial charge on any atom is -0.305 e. The van der Waals surface area contributed by atoms with Crippen molar-refractivity contribution in [3.05, 3.63) is 57.0 Å². The monoisotopic (exact) mass is 269 g/mol. The van der Waals surface area contributed by atoms with Gasteiger partial charge in [-0.2, -0.15) is 0 Å². The Morgan fingerprint density at radius 2 is 2.18 bits per heavy atom. The quantitative estimate of drug-likeness (QED) is 0.868. The van der Waals surface area contributed by atoms with Crippen LogP contribution in [0.3, 0.4) is 0 Å². The van der Waals surface area contributed by atoms with Gasteiger partial charge >= 0.3 is 0 Å². The summed E-state index contributed by atoms with van der Waals surface area (Å²) in [5, 5.41) is 5.93. The van der Waals surface area contributed by atoms with Gasteiger partial charge in [-0.1, -0.05) is 29.8 Å². The lowest BCUT2D eigenvalue weighted by Gasteiger charge is -2.14. The van der Waals surface area contributed by atoms with E-state index in [1.54, 1.807) is 23.5 Å². The van der Waals surface area contributed by atoms with E-state index in [-0.39, 0.29) is 11.9 Å². The molecule has 0 amide bonds. The summed E-state index contributed by atoms with van der Waals surface area (Å²) >= 11 is 7.44. The van der Waals surface area contributed by atoms with E-state index in [1.165, 1.54) is 6.07 Å². The molecule has 1 N–H and O–H groups in total. The molecule has 0 bridgehead atoms. The second kappa shape index (κ2) is 5.63. The molecule has 0 saturated carbocycles. The van der Waals surface area contributed by atoms with E-state index in [1.807, 2.05) is 24.4 Å². The van der Waals surface area contributed by atoms with Gasteiger partial charge in [-0.25, -0.2) is 4.39 Å². The highest BCUT2D eigenvalue weighted by Crippen LogP contribution is 2.21. The maximum atomic E-state index is 13.5. The molecule has 1 aromatic carbocycles. The molecule has 4 heteroatoms. The van der Waals surface area contributed by atoms with Crippen molar-refractivity contribution in [2.45, 2.75) is 19.5 Å². The molecule has 1 atom stereocenters. The van der Waals surface area contributed by atoms with E-state index in [2.05, 4.69) is 5.32 Å². The number of thiophene rings is 1. The molecule has 0 aliphatic heterocycles. The van der Waals surface area contributed by atoms with Gasteiger partial charge in [0.1, 0.15) is 5.82 Å². The van der Waals surface area contributed by atoms with Crippen LogP contribution in [0.2, 0.25) is 5.02 Å². The zero-order chi connectivity index (χ0) is 12.3. The van der Waals surface area contributed by atoms with Crippen LogP contribution in [0.1, 0.15) is 23.4 Å². The zero-order valence-electron chi connectivity index (χ0n) is 9.41. The van der Waals surface area contributed by atoms with Gasteiger partial charge in [-0.05, 0) is 19.1 Å². The number of hydrogen-bond donors (Lipinski definition) is 1. The number of benzene rings is 1. The van der Waals surface area contributed by atoms with Crippen molar-refractivity contribution in [1.29, 1.82) is 0 Å². The third kappa shape index (κ3) is 3.28. The van der Waals surface area contributed by atoms with Crippen LogP contribution in [0.15, 0.2) is 35.7 Å². The second-order valence-electron chi connectivity index (χ2n) is 3.86. The summed E-state index contributed by atoms with van der Waals surface area (Å²) in [4.78, 5) is 1.15. The summed E-state index contributed by atoms with van der Waals surface area (Å²) in [7, 11) is 0. The van der Waals surface area contributed by atoms with Gasteiger partial charge in [-0.3, -0.25) is 0 Å². The first-order valence-corrected chi connectivity index (χ1v) is 6.63. The van der Waals surface area contributed by atoms with Gasteiger partial charge in [0, 0.05) is 28.4 Å². The number of nitrogens with one attached hydrogen (secondary N) is 1. The van der Waals surface area contributed by atoms with Crippen LogP contribution >= 0.6 is 22.9 Å². The van der Waals surface area contributed by atoms with E-state index in [0.29, 0.717) is 12.1 Å². The Morgan fingerprint density at radius 3 is 2.82 bits per heavy atom. The fourth-order valence-electron chi connectivity index (χ4n) is 1.64. The molecular weight excluding hydrogens is 257 g/mol. The summed E-state index contributed by atoms with van der Waals surface area (Å²) in [5.41, 5.74) is 0.690. The maximum Gasteiger partial charge on any atom is 0.127 e. The van der Waals surface area contributed by atoms with E-state index in [4.69, 9.17) is 11.6 Å². The Balaban J connectivity index is 1.98. The molecule has 17 heavy (non-hydrogen) atoms. The van der Waals surface area contributed by atoms with Gasteiger partial charge in [0.15, 0.2) is 0 Å². The van der Waals surface area contributed by atoms with E-state index >= 15 is 0 Å². The van der Waals surface area contributed by atoms with Crippen LogP contribution in [-0.2, 0) is 6.54 Å². The standard InChI is InChI=1S/C13H13ClFNS/c1-9(12-4-2-3-5-13(12)15)16-7-11-6-10(14)8-17-11/h2-6,8-9,16H,7H2,1H3. The summed E-state index contributed by atoms with van der Waals surface area (Å²) in [6.45, 7) is 2.65. The molecule has 90 valence electrons. The van der Waals surface area contributed by atoms with Crippen molar-refractivity contribution in [1.82, 2.24) is 5.32 Å². The summed E-state index contributed by atoms with van der Waals surface area (Å²) in [5.74, 6) is -0.170. The molecule has 1 aromatic heterocycles. The smallest absolute Gasteiger partial charge is 0.127 e. The summed E-state index contributed by atoms with van der Waals surface area (Å²) < 4.78 is 13.5. The molecule has 1 heterocycles. The molecular formula is C13H13ClFNS. The first kappa shape index (κ1) is 12.6. The molecule has 1 unspecified atom stereocenters. The third-order valence-electron chi connectivity index (χ3n) is 2.58. The highest BCUT2D eigenvalue weighted by Gasteiger charge is 2.09. The average molecular weight is 270 g/mol. The number of rotatable bonds is 4. The Labute approximate surface area is 109 Å². The first-order valence-electron chi connectivity index (χ1n) is 5.37. The van der Waals surface area contributed by atoms with Gasteiger partial charge in [0.25, 0.3) is 0 Å². The Morgan fingerprint density at radius 1 is 1.41 bits per heavy atom. The molecule has 2 aromatic rings. The predicted octanol–water partition coefficient (Wildman–Crippen LogP) is 4.39. The van der Waals surface area contributed by atoms with Crippen LogP contribution in [0.4, 0.5) is 4.39 Å². The first-order chi connectivity index (χ1) is 8.16. The molecule has 1 nitrogen and oxygen atoms in total. The SMILES string of the molecule is CC(NCc1cc(Cl)cs1)c1ccccc1F. The van der Waals surface area contributed by atoms with Crippen LogP contribution < -0.4 is 5.32 Å². The minimum absolute atomic E-state index is 0.0166. The van der Waals surface area contributed by atoms with E-state index in [0.717, 1.165) is 9.90 Å². The van der Waals surface area contributed by atoms with Crippen molar-refractivity contribution in [3.8, 4) is 0 Å². The Hall–Kier alpha value is -0.900. The Bertz CT molecular complexity index is 498. The fraction of sp³-hybridized carbons (Fsp3) is 0.231. The molecule has 0 aliphatic carbocycles. The van der Waals surface area contributed by atoms with Gasteiger partial charge in [0.2, 0.25) is 0 Å². The lowest BCUT2D eigenvalue weighted by Crippen LogP contribution is -2.18. The van der Waals surface area contributed by atoms with Crippen molar-refractivity contribution >= 4 is 22.9 Å². The van der Waals surface area contributed by atoms with Crippen LogP contribution in [0.25, 0.3) is 0 Å². The Kier molecular flexibility index (Phi) is 4.15. The number of halogens is 2. The number of hydrogen-bond acceptors (Lipinski definition) is 2. The molecule has 0 fully saturated rings. The topological polar surface area (TPSA) is 12.0 Å². The van der Waals surface area contributed by atoms with Crippen LogP contribution in [-0.4, -0.2) is 0 Å². The van der Waals surface area contributed by atoms with Crippen molar-refractivity contribution in [3.63, 3.8) is 0 Å². The van der Waals surface area contributed by atoms with E-state index < -0.39 is 0 Å². The summed E-state index contributed by atoms with van der Waals surface area (Å²) in [6.07, 6.45) is 0. The van der Waals surface area contributed by atoms with Crippen LogP contribution in [0.5, 0.6) is 0 Å². The highest BCUT2D eigenvalue weighted by molar-refractivity contribution is 7.10. The van der Waals surface area contributed by atoms with Crippen molar-refractivity contribution in [2.75, 3.05) is 0 Å². The molecule has 0 saturated heterocycles. The normalized spacial score (nSPS) is 12.6. The predicted molar refractivity (Wildman–Crippen MR) is 71.0 cm³/mol. The molecule has 0 aliphatic rings. The van der Waals surface area contributed by atoms with Gasteiger partial charge in [0.05, 0.1) is 5.02 Å². The van der Waals surface area contributed by atoms with Crippen molar-refractivity contribution in [2.24, 2.45) is 0 Å². The fourth-order valence-corrected chi connectivity index (χ4v) is 2.66. The largest absolute Gasteiger partial charge is 0.305 e. The molecule has 2 rings (SSSR count). The minimum atomic E-state index is -0.170. The zero-order valence-corrected chi connectivity index (χ0v) is 11.0. The van der Waals surface area contributed by atoms with Crippen molar-refractivity contribution < 1.29 is 4.39 Å². The van der Waals surface area contributed by atoms with Crippen LogP contribution in [0, 0.1) is 5.82 Å². The third-order valence-corrected chi connectivity index (χ3v) is 3.86. The lowest BCUT2D eigenvalue weighted by atomic mass is 10.1. The maximum absolute atomic E-state index is 13.5. The molecule has 0 radical (unpaired) electrons. The second-order valence-corrected chi connectivity index (χ2v) is 5.29. The highest BCUT2D eigenvalue weighted by atomic mass is 35.5. The molecule has 0 spiro atoms. The van der Waals surface area contributed by atoms with Gasteiger partial charge in [-0.15, -0.1) is 11.3 Å². The summed E-state index contributed by atoms with van der Waals surface area (Å²) in [6, 6.07) is 8.73. The van der Waals surface area contributed by atoms with E-state index in [9.17, 15) is 4.39 Å². The average Bonchev–Trinajstić information content (AvgIpc) is 2.73. The van der Waals surface area contributed by atoms with Gasteiger partial charge < -0.3 is 5.32 Å².